The maximum atomic E-state index is 14.2. The number of hydrogen-bond acceptors (Lipinski definition) is 8. The Balaban J connectivity index is 1.53. The first-order valence-electron chi connectivity index (χ1n) is 13.8. The molecule has 3 heterocycles. The van der Waals surface area contributed by atoms with E-state index in [1.165, 1.54) is 20.3 Å². The highest BCUT2D eigenvalue weighted by atomic mass is 35.5. The number of benzene rings is 2. The van der Waals surface area contributed by atoms with E-state index in [4.69, 9.17) is 37.7 Å². The van der Waals surface area contributed by atoms with E-state index in [1.54, 1.807) is 27.8 Å². The third kappa shape index (κ3) is 6.46. The lowest BCUT2D eigenvalue weighted by Crippen LogP contribution is -2.45. The number of amides is 1. The van der Waals surface area contributed by atoms with Crippen molar-refractivity contribution in [1.82, 2.24) is 24.8 Å². The molecule has 1 saturated heterocycles. The van der Waals surface area contributed by atoms with Gasteiger partial charge in [0.15, 0.2) is 0 Å². The molecular weight excluding hydrogens is 591 g/mol. The summed E-state index contributed by atoms with van der Waals surface area (Å²) in [6.45, 7) is 5.68. The predicted octanol–water partition coefficient (Wildman–Crippen LogP) is 5.29. The summed E-state index contributed by atoms with van der Waals surface area (Å²) in [5.74, 6) is 0.946. The molecule has 0 radical (unpaired) electrons. The van der Waals surface area contributed by atoms with Crippen LogP contribution < -0.4 is 25.7 Å². The Hall–Kier alpha value is -4.12. The number of piperidine rings is 1. The number of methoxy groups -OCH3 is 2. The summed E-state index contributed by atoms with van der Waals surface area (Å²) in [4.78, 5) is 37.2. The van der Waals surface area contributed by atoms with Crippen molar-refractivity contribution in [3.05, 3.63) is 81.7 Å². The van der Waals surface area contributed by atoms with E-state index in [-0.39, 0.29) is 33.1 Å². The van der Waals surface area contributed by atoms with Gasteiger partial charge < -0.3 is 25.0 Å². The normalized spacial score (nSPS) is 13.6. The average molecular weight is 624 g/mol. The standard InChI is InChI=1S/C31H32Cl2N6O4/c1-4-25(40)38-13-10-20(11-14-38)34-12-15-39-29-19(18-35-31(37-29)36-21-8-6-5-7-9-21)16-22(30(39)41)26-27(32)23(42-2)17-24(43-3)28(26)33/h4-9,16-18,20,34H,1,10-15H2,2-3H3,(H,35,36,37). The monoisotopic (exact) mass is 622 g/mol. The second-order valence-electron chi connectivity index (χ2n) is 10.0. The Morgan fingerprint density at radius 2 is 1.77 bits per heavy atom. The minimum absolute atomic E-state index is 0.0561. The van der Waals surface area contributed by atoms with Crippen LogP contribution in [0.1, 0.15) is 12.8 Å². The van der Waals surface area contributed by atoms with E-state index in [0.717, 1.165) is 18.5 Å². The summed E-state index contributed by atoms with van der Waals surface area (Å²) >= 11 is 13.4. The van der Waals surface area contributed by atoms with Gasteiger partial charge in [-0.3, -0.25) is 14.2 Å². The molecule has 0 spiro atoms. The molecule has 0 aliphatic carbocycles. The molecule has 1 amide bonds. The molecule has 0 atom stereocenters. The number of hydrogen-bond donors (Lipinski definition) is 2. The van der Waals surface area contributed by atoms with E-state index in [9.17, 15) is 9.59 Å². The Morgan fingerprint density at radius 3 is 2.40 bits per heavy atom. The van der Waals surface area contributed by atoms with Gasteiger partial charge >= 0.3 is 0 Å². The number of anilines is 2. The van der Waals surface area contributed by atoms with E-state index < -0.39 is 0 Å². The third-order valence-corrected chi connectivity index (χ3v) is 8.20. The van der Waals surface area contributed by atoms with Crippen LogP contribution in [-0.2, 0) is 11.3 Å². The fourth-order valence-electron chi connectivity index (χ4n) is 5.19. The molecule has 2 aromatic heterocycles. The van der Waals surface area contributed by atoms with Gasteiger partial charge in [0.05, 0.1) is 29.8 Å². The van der Waals surface area contributed by atoms with Crippen LogP contribution in [-0.4, -0.2) is 65.2 Å². The van der Waals surface area contributed by atoms with E-state index in [2.05, 4.69) is 22.2 Å². The van der Waals surface area contributed by atoms with Gasteiger partial charge in [0.2, 0.25) is 11.9 Å². The van der Waals surface area contributed by atoms with Crippen molar-refractivity contribution in [2.75, 3.05) is 39.2 Å². The molecule has 2 aromatic carbocycles. The molecule has 0 saturated carbocycles. The van der Waals surface area contributed by atoms with Crippen molar-refractivity contribution in [3.63, 3.8) is 0 Å². The van der Waals surface area contributed by atoms with Crippen molar-refractivity contribution in [2.24, 2.45) is 0 Å². The summed E-state index contributed by atoms with van der Waals surface area (Å²) in [5.41, 5.74) is 1.52. The number of rotatable bonds is 10. The van der Waals surface area contributed by atoms with Crippen LogP contribution in [0, 0.1) is 0 Å². The molecule has 12 heteroatoms. The maximum absolute atomic E-state index is 14.2. The molecule has 1 fully saturated rings. The highest BCUT2D eigenvalue weighted by molar-refractivity contribution is 6.41. The van der Waals surface area contributed by atoms with Gasteiger partial charge in [0.1, 0.15) is 17.1 Å². The number of likely N-dealkylation sites (tertiary alicyclic amines) is 1. The molecule has 0 unspecified atom stereocenters. The molecule has 10 nitrogen and oxygen atoms in total. The molecule has 224 valence electrons. The minimum atomic E-state index is -0.329. The number of pyridine rings is 1. The lowest BCUT2D eigenvalue weighted by atomic mass is 10.0. The van der Waals surface area contributed by atoms with Crippen molar-refractivity contribution in [3.8, 4) is 22.6 Å². The highest BCUT2D eigenvalue weighted by Gasteiger charge is 2.24. The lowest BCUT2D eigenvalue weighted by Gasteiger charge is -2.32. The summed E-state index contributed by atoms with van der Waals surface area (Å²) in [6, 6.07) is 13.0. The topological polar surface area (TPSA) is 111 Å². The number of aromatic nitrogens is 3. The summed E-state index contributed by atoms with van der Waals surface area (Å²) in [5, 5.41) is 7.74. The Bertz CT molecular complexity index is 1680. The first kappa shape index (κ1) is 30.3. The first-order valence-corrected chi connectivity index (χ1v) is 14.6. The number of nitrogens with zero attached hydrogens (tertiary/aromatic N) is 4. The van der Waals surface area contributed by atoms with Crippen LogP contribution in [0.15, 0.2) is 66.1 Å². The first-order chi connectivity index (χ1) is 20.8. The molecule has 1 aliphatic heterocycles. The second kappa shape index (κ2) is 13.5. The zero-order valence-corrected chi connectivity index (χ0v) is 25.4. The van der Waals surface area contributed by atoms with Crippen LogP contribution in [0.2, 0.25) is 10.0 Å². The summed E-state index contributed by atoms with van der Waals surface area (Å²) in [6.07, 6.45) is 4.61. The molecule has 2 N–H and O–H groups in total. The van der Waals surface area contributed by atoms with Crippen LogP contribution in [0.4, 0.5) is 11.6 Å². The number of ether oxygens (including phenoxy) is 2. The van der Waals surface area contributed by atoms with Crippen molar-refractivity contribution in [1.29, 1.82) is 0 Å². The zero-order chi connectivity index (χ0) is 30.5. The van der Waals surface area contributed by atoms with Crippen molar-refractivity contribution < 1.29 is 14.3 Å². The molecule has 1 aliphatic rings. The van der Waals surface area contributed by atoms with E-state index in [0.29, 0.717) is 60.2 Å². The number of carbonyl (C=O) groups excluding carboxylic acids is 1. The average Bonchev–Trinajstić information content (AvgIpc) is 3.03. The van der Waals surface area contributed by atoms with Gasteiger partial charge in [-0.2, -0.15) is 4.98 Å². The Morgan fingerprint density at radius 1 is 1.09 bits per heavy atom. The fraction of sp³-hybridized carbons (Fsp3) is 0.290. The van der Waals surface area contributed by atoms with Gasteiger partial charge in [-0.15, -0.1) is 0 Å². The smallest absolute Gasteiger partial charge is 0.260 e. The van der Waals surface area contributed by atoms with Gasteiger partial charge in [-0.05, 0) is 37.1 Å². The number of carbonyl (C=O) groups is 1. The van der Waals surface area contributed by atoms with Crippen LogP contribution in [0.3, 0.4) is 0 Å². The van der Waals surface area contributed by atoms with Gasteiger partial charge in [-0.25, -0.2) is 4.98 Å². The Kier molecular flexibility index (Phi) is 9.49. The molecule has 5 rings (SSSR count). The molecular formula is C31H32Cl2N6O4. The maximum Gasteiger partial charge on any atom is 0.260 e. The predicted molar refractivity (Wildman–Crippen MR) is 170 cm³/mol. The Labute approximate surface area is 259 Å². The minimum Gasteiger partial charge on any atom is -0.495 e. The lowest BCUT2D eigenvalue weighted by molar-refractivity contribution is -0.127. The zero-order valence-electron chi connectivity index (χ0n) is 23.9. The third-order valence-electron chi connectivity index (χ3n) is 7.45. The molecule has 4 aromatic rings. The van der Waals surface area contributed by atoms with Gasteiger partial charge in [-0.1, -0.05) is 48.0 Å². The van der Waals surface area contributed by atoms with Crippen LogP contribution in [0.5, 0.6) is 11.5 Å². The number of nitrogens with one attached hydrogen (secondary N) is 2. The van der Waals surface area contributed by atoms with E-state index in [1.807, 2.05) is 30.3 Å². The van der Waals surface area contributed by atoms with E-state index >= 15 is 0 Å². The fourth-order valence-corrected chi connectivity index (χ4v) is 5.90. The SMILES string of the molecule is C=CC(=O)N1CCC(NCCn2c(=O)c(-c3c(Cl)c(OC)cc(OC)c3Cl)cc3cnc(Nc4ccccc4)nc32)CC1. The van der Waals surface area contributed by atoms with Crippen LogP contribution in [0.25, 0.3) is 22.2 Å². The largest absolute Gasteiger partial charge is 0.495 e. The second-order valence-corrected chi connectivity index (χ2v) is 10.8. The summed E-state index contributed by atoms with van der Waals surface area (Å²) < 4.78 is 12.5. The van der Waals surface area contributed by atoms with Gasteiger partial charge in [0, 0.05) is 61.1 Å². The van der Waals surface area contributed by atoms with Crippen molar-refractivity contribution >= 4 is 51.8 Å². The van der Waals surface area contributed by atoms with Crippen LogP contribution >= 0.6 is 23.2 Å². The van der Waals surface area contributed by atoms with Crippen molar-refractivity contribution in [2.45, 2.75) is 25.4 Å². The summed E-state index contributed by atoms with van der Waals surface area (Å²) in [7, 11) is 2.96. The molecule has 0 bridgehead atoms. The number of halogens is 2. The number of para-hydroxylation sites is 1. The van der Waals surface area contributed by atoms with Gasteiger partial charge in [0.25, 0.3) is 5.56 Å². The molecule has 43 heavy (non-hydrogen) atoms. The quantitative estimate of drug-likeness (QED) is 0.229. The number of fused-ring (bicyclic) bond motifs is 1. The highest BCUT2D eigenvalue weighted by Crippen LogP contribution is 2.45.